The number of hydrogen-bond donors (Lipinski definition) is 1. The first-order valence-electron chi connectivity index (χ1n) is 4.70. The Labute approximate surface area is 85.0 Å². The van der Waals surface area contributed by atoms with Gasteiger partial charge in [0.2, 0.25) is 0 Å². The average Bonchev–Trinajstić information content (AvgIpc) is 2.12. The van der Waals surface area contributed by atoms with E-state index in [1.165, 1.54) is 0 Å². The van der Waals surface area contributed by atoms with Gasteiger partial charge in [-0.05, 0) is 13.3 Å². The fourth-order valence-electron chi connectivity index (χ4n) is 0.969. The van der Waals surface area contributed by atoms with E-state index < -0.39 is 7.82 Å². The SMILES string of the molecule is CCCC(COP(=O)(O)OCC)OC. The fraction of sp³-hybridized carbons (Fsp3) is 1.00. The van der Waals surface area contributed by atoms with Crippen LogP contribution in [0.3, 0.4) is 0 Å². The molecule has 0 aromatic heterocycles. The molecule has 0 heterocycles. The first-order chi connectivity index (χ1) is 6.55. The molecule has 0 aromatic carbocycles. The Hall–Kier alpha value is 0.0700. The van der Waals surface area contributed by atoms with E-state index in [4.69, 9.17) is 14.2 Å². The highest BCUT2D eigenvalue weighted by atomic mass is 31.2. The molecule has 0 rings (SSSR count). The van der Waals surface area contributed by atoms with Crippen LogP contribution in [0.1, 0.15) is 26.7 Å². The zero-order chi connectivity index (χ0) is 11.0. The van der Waals surface area contributed by atoms with Gasteiger partial charge in [0.05, 0.1) is 19.3 Å². The van der Waals surface area contributed by atoms with Gasteiger partial charge in [-0.15, -0.1) is 0 Å². The number of ether oxygens (including phenoxy) is 1. The largest absolute Gasteiger partial charge is 0.472 e. The van der Waals surface area contributed by atoms with E-state index in [9.17, 15) is 4.57 Å². The van der Waals surface area contributed by atoms with Gasteiger partial charge >= 0.3 is 7.82 Å². The first kappa shape index (κ1) is 14.1. The lowest BCUT2D eigenvalue weighted by Crippen LogP contribution is -2.17. The quantitative estimate of drug-likeness (QED) is 0.641. The Morgan fingerprint density at radius 1 is 1.36 bits per heavy atom. The summed E-state index contributed by atoms with van der Waals surface area (Å²) in [5.41, 5.74) is 0. The summed E-state index contributed by atoms with van der Waals surface area (Å²) in [5.74, 6) is 0. The molecule has 0 fully saturated rings. The second-order valence-corrected chi connectivity index (χ2v) is 4.28. The van der Waals surface area contributed by atoms with Crippen molar-refractivity contribution in [2.24, 2.45) is 0 Å². The molecule has 0 saturated heterocycles. The normalized spacial score (nSPS) is 17.7. The Balaban J connectivity index is 3.83. The summed E-state index contributed by atoms with van der Waals surface area (Å²) in [6, 6.07) is 0. The van der Waals surface area contributed by atoms with Crippen LogP contribution < -0.4 is 0 Å². The van der Waals surface area contributed by atoms with Crippen LogP contribution in [0.4, 0.5) is 0 Å². The fourth-order valence-corrected chi connectivity index (χ4v) is 1.72. The van der Waals surface area contributed by atoms with E-state index in [0.29, 0.717) is 0 Å². The van der Waals surface area contributed by atoms with E-state index in [1.807, 2.05) is 6.92 Å². The van der Waals surface area contributed by atoms with E-state index >= 15 is 0 Å². The lowest BCUT2D eigenvalue weighted by molar-refractivity contribution is 0.0349. The van der Waals surface area contributed by atoms with Crippen LogP contribution in [-0.4, -0.2) is 31.3 Å². The molecule has 0 aliphatic carbocycles. The van der Waals surface area contributed by atoms with Crippen LogP contribution in [0.5, 0.6) is 0 Å². The summed E-state index contributed by atoms with van der Waals surface area (Å²) in [5, 5.41) is 0. The molecule has 14 heavy (non-hydrogen) atoms. The molecule has 2 unspecified atom stereocenters. The minimum Gasteiger partial charge on any atom is -0.379 e. The predicted molar refractivity (Wildman–Crippen MR) is 53.1 cm³/mol. The van der Waals surface area contributed by atoms with Crippen LogP contribution in [0, 0.1) is 0 Å². The van der Waals surface area contributed by atoms with Crippen molar-refractivity contribution in [3.63, 3.8) is 0 Å². The number of methoxy groups -OCH3 is 1. The van der Waals surface area contributed by atoms with E-state index in [-0.39, 0.29) is 19.3 Å². The van der Waals surface area contributed by atoms with Gasteiger partial charge in [0.25, 0.3) is 0 Å². The maximum absolute atomic E-state index is 11.1. The third-order valence-corrected chi connectivity index (χ3v) is 2.72. The molecule has 0 radical (unpaired) electrons. The van der Waals surface area contributed by atoms with Gasteiger partial charge < -0.3 is 9.63 Å². The van der Waals surface area contributed by atoms with E-state index in [0.717, 1.165) is 12.8 Å². The average molecular weight is 226 g/mol. The monoisotopic (exact) mass is 226 g/mol. The zero-order valence-electron chi connectivity index (χ0n) is 8.93. The lowest BCUT2D eigenvalue weighted by atomic mass is 10.2. The highest BCUT2D eigenvalue weighted by molar-refractivity contribution is 7.47. The minimum absolute atomic E-state index is 0.0815. The van der Waals surface area contributed by atoms with Crippen molar-refractivity contribution in [2.45, 2.75) is 32.8 Å². The molecule has 0 aliphatic rings. The number of rotatable bonds is 8. The van der Waals surface area contributed by atoms with Crippen LogP contribution in [-0.2, 0) is 18.3 Å². The van der Waals surface area contributed by atoms with Crippen LogP contribution in [0.2, 0.25) is 0 Å². The molecule has 0 aromatic rings. The molecule has 0 spiro atoms. The summed E-state index contributed by atoms with van der Waals surface area (Å²) in [4.78, 5) is 9.08. The molecule has 0 amide bonds. The van der Waals surface area contributed by atoms with Crippen molar-refractivity contribution in [1.29, 1.82) is 0 Å². The summed E-state index contributed by atoms with van der Waals surface area (Å²) < 4.78 is 25.4. The van der Waals surface area contributed by atoms with Gasteiger partial charge in [-0.3, -0.25) is 9.05 Å². The Morgan fingerprint density at radius 3 is 2.43 bits per heavy atom. The highest BCUT2D eigenvalue weighted by Crippen LogP contribution is 2.43. The molecule has 0 aliphatic heterocycles. The van der Waals surface area contributed by atoms with Crippen molar-refractivity contribution in [1.82, 2.24) is 0 Å². The maximum Gasteiger partial charge on any atom is 0.472 e. The topological polar surface area (TPSA) is 65.0 Å². The predicted octanol–water partition coefficient (Wildman–Crippen LogP) is 1.95. The maximum atomic E-state index is 11.1. The second kappa shape index (κ2) is 7.37. The van der Waals surface area contributed by atoms with Gasteiger partial charge in [0, 0.05) is 7.11 Å². The van der Waals surface area contributed by atoms with E-state index in [2.05, 4.69) is 4.52 Å². The Bertz CT molecular complexity index is 185. The molecule has 2 atom stereocenters. The minimum atomic E-state index is -3.86. The summed E-state index contributed by atoms with van der Waals surface area (Å²) in [6.07, 6.45) is 1.58. The third kappa shape index (κ3) is 6.51. The van der Waals surface area contributed by atoms with Crippen molar-refractivity contribution >= 4 is 7.82 Å². The highest BCUT2D eigenvalue weighted by Gasteiger charge is 2.21. The number of phosphoric ester groups is 1. The van der Waals surface area contributed by atoms with Crippen molar-refractivity contribution in [3.8, 4) is 0 Å². The van der Waals surface area contributed by atoms with Crippen LogP contribution in [0.15, 0.2) is 0 Å². The molecule has 0 bridgehead atoms. The molecule has 1 N–H and O–H groups in total. The first-order valence-corrected chi connectivity index (χ1v) is 6.20. The Morgan fingerprint density at radius 2 is 2.00 bits per heavy atom. The zero-order valence-corrected chi connectivity index (χ0v) is 9.83. The molecular weight excluding hydrogens is 207 g/mol. The molecule has 6 heteroatoms. The molecule has 86 valence electrons. The van der Waals surface area contributed by atoms with Gasteiger partial charge in [-0.1, -0.05) is 13.3 Å². The van der Waals surface area contributed by atoms with Crippen molar-refractivity contribution < 1.29 is 23.2 Å². The number of hydrogen-bond acceptors (Lipinski definition) is 4. The number of phosphoric acid groups is 1. The third-order valence-electron chi connectivity index (χ3n) is 1.66. The molecule has 5 nitrogen and oxygen atoms in total. The summed E-state index contributed by atoms with van der Waals surface area (Å²) in [7, 11) is -2.31. The van der Waals surface area contributed by atoms with Crippen molar-refractivity contribution in [3.05, 3.63) is 0 Å². The molecular formula is C8H19O5P. The van der Waals surface area contributed by atoms with Gasteiger partial charge in [-0.25, -0.2) is 4.57 Å². The molecule has 0 saturated carbocycles. The second-order valence-electron chi connectivity index (χ2n) is 2.83. The smallest absolute Gasteiger partial charge is 0.379 e. The Kier molecular flexibility index (Phi) is 7.41. The standard InChI is InChI=1S/C8H19O5P/c1-4-6-8(11-3)7-13-14(9,10)12-5-2/h8H,4-7H2,1-3H3,(H,9,10). The van der Waals surface area contributed by atoms with E-state index in [1.54, 1.807) is 14.0 Å². The lowest BCUT2D eigenvalue weighted by Gasteiger charge is -2.16. The van der Waals surface area contributed by atoms with Gasteiger partial charge in [-0.2, -0.15) is 0 Å². The summed E-state index contributed by atoms with van der Waals surface area (Å²) in [6.45, 7) is 3.87. The van der Waals surface area contributed by atoms with Crippen molar-refractivity contribution in [2.75, 3.05) is 20.3 Å². The summed E-state index contributed by atoms with van der Waals surface area (Å²) >= 11 is 0. The van der Waals surface area contributed by atoms with Gasteiger partial charge in [0.15, 0.2) is 0 Å². The van der Waals surface area contributed by atoms with Crippen LogP contribution in [0.25, 0.3) is 0 Å². The van der Waals surface area contributed by atoms with Crippen LogP contribution >= 0.6 is 7.82 Å². The van der Waals surface area contributed by atoms with Gasteiger partial charge in [0.1, 0.15) is 0 Å².